The molecule has 0 aliphatic carbocycles. The van der Waals surface area contributed by atoms with E-state index in [9.17, 15) is 0 Å². The summed E-state index contributed by atoms with van der Waals surface area (Å²) in [5.74, 6) is 1.50. The predicted molar refractivity (Wildman–Crippen MR) is 128 cm³/mol. The van der Waals surface area contributed by atoms with Gasteiger partial charge in [0.1, 0.15) is 0 Å². The molecule has 0 saturated carbocycles. The number of aliphatic imine (C=N–C) groups is 1. The number of thiophene rings is 1. The van der Waals surface area contributed by atoms with Crippen LogP contribution >= 0.6 is 35.3 Å². The average molecular weight is 512 g/mol. The molecule has 0 radical (unpaired) electrons. The van der Waals surface area contributed by atoms with Crippen LogP contribution in [0.4, 0.5) is 5.00 Å². The molecule has 152 valence electrons. The Morgan fingerprint density at radius 1 is 1.14 bits per heavy atom. The second kappa shape index (κ2) is 10.5. The first-order valence-electron chi connectivity index (χ1n) is 9.76. The predicted octanol–water partition coefficient (Wildman–Crippen LogP) is 3.84. The number of nitrogens with zero attached hydrogens (tertiary/aromatic N) is 3. The molecular formula is C21H29IN4OS. The van der Waals surface area contributed by atoms with E-state index in [-0.39, 0.29) is 30.1 Å². The molecule has 4 rings (SSSR count). The largest absolute Gasteiger partial charge is 0.373 e. The van der Waals surface area contributed by atoms with Crippen LogP contribution < -0.4 is 10.2 Å². The lowest BCUT2D eigenvalue weighted by Crippen LogP contribution is -2.53. The van der Waals surface area contributed by atoms with Crippen molar-refractivity contribution >= 4 is 46.3 Å². The third kappa shape index (κ3) is 4.99. The zero-order valence-corrected chi connectivity index (χ0v) is 19.4. The summed E-state index contributed by atoms with van der Waals surface area (Å²) in [4.78, 5) is 9.37. The second-order valence-corrected chi connectivity index (χ2v) is 8.03. The first kappa shape index (κ1) is 21.4. The molecule has 2 aliphatic heterocycles. The van der Waals surface area contributed by atoms with Gasteiger partial charge in [0.2, 0.25) is 0 Å². The number of hydrogen-bond acceptors (Lipinski definition) is 4. The van der Waals surface area contributed by atoms with E-state index in [1.807, 2.05) is 18.4 Å². The fourth-order valence-electron chi connectivity index (χ4n) is 4.00. The highest BCUT2D eigenvalue weighted by atomic mass is 127. The van der Waals surface area contributed by atoms with E-state index in [1.165, 1.54) is 10.6 Å². The Balaban J connectivity index is 0.00000225. The number of nitrogens with one attached hydrogen (secondary N) is 1. The van der Waals surface area contributed by atoms with Crippen LogP contribution in [0.25, 0.3) is 0 Å². The van der Waals surface area contributed by atoms with E-state index in [2.05, 4.69) is 68.0 Å². The minimum absolute atomic E-state index is 0. The molecule has 2 saturated heterocycles. The Labute approximate surface area is 188 Å². The number of anilines is 1. The maximum atomic E-state index is 6.02. The van der Waals surface area contributed by atoms with Crippen molar-refractivity contribution in [3.8, 4) is 0 Å². The van der Waals surface area contributed by atoms with Crippen LogP contribution in [0.1, 0.15) is 18.1 Å². The fraction of sp³-hybridized carbons (Fsp3) is 0.476. The first-order valence-corrected chi connectivity index (χ1v) is 10.6. The second-order valence-electron chi connectivity index (χ2n) is 7.10. The molecule has 2 aliphatic rings. The van der Waals surface area contributed by atoms with Crippen LogP contribution in [0, 0.1) is 5.92 Å². The summed E-state index contributed by atoms with van der Waals surface area (Å²) in [5, 5.41) is 7.13. The molecule has 0 bridgehead atoms. The topological polar surface area (TPSA) is 40.1 Å². The Bertz CT molecular complexity index is 732. The number of guanidine groups is 1. The number of benzene rings is 1. The molecule has 2 aromatic rings. The van der Waals surface area contributed by atoms with Crippen LogP contribution in [0.3, 0.4) is 0 Å². The molecule has 2 unspecified atom stereocenters. The summed E-state index contributed by atoms with van der Waals surface area (Å²) in [6.07, 6.45) is 1.28. The number of halogens is 1. The molecule has 1 aromatic heterocycles. The standard InChI is InChI=1S/C21H28N4OS.HI/c1-22-21(25-12-10-24(11-13-25)19-8-5-15-27-19)23-16-18-9-14-26-20(18)17-6-3-2-4-7-17;/h2-8,15,18,20H,9-14,16H2,1H3,(H,22,23);1H. The monoisotopic (exact) mass is 512 g/mol. The van der Waals surface area contributed by atoms with Gasteiger partial charge in [-0.15, -0.1) is 35.3 Å². The summed E-state index contributed by atoms with van der Waals surface area (Å²) in [5.41, 5.74) is 1.28. The van der Waals surface area contributed by atoms with E-state index < -0.39 is 0 Å². The van der Waals surface area contributed by atoms with Crippen LogP contribution in [-0.4, -0.2) is 57.2 Å². The molecule has 3 heterocycles. The van der Waals surface area contributed by atoms with Crippen molar-refractivity contribution in [1.29, 1.82) is 0 Å². The number of piperazine rings is 1. The maximum absolute atomic E-state index is 6.02. The number of rotatable bonds is 4. The molecule has 5 nitrogen and oxygen atoms in total. The first-order chi connectivity index (χ1) is 13.3. The summed E-state index contributed by atoms with van der Waals surface area (Å²) in [7, 11) is 1.88. The molecule has 2 atom stereocenters. The molecular weight excluding hydrogens is 483 g/mol. The van der Waals surface area contributed by atoms with E-state index in [0.29, 0.717) is 5.92 Å². The molecule has 2 fully saturated rings. The van der Waals surface area contributed by atoms with Crippen molar-refractivity contribution in [3.05, 3.63) is 53.4 Å². The zero-order valence-electron chi connectivity index (χ0n) is 16.3. The van der Waals surface area contributed by atoms with Gasteiger partial charge in [-0.3, -0.25) is 4.99 Å². The Kier molecular flexibility index (Phi) is 7.99. The van der Waals surface area contributed by atoms with E-state index in [4.69, 9.17) is 4.74 Å². The van der Waals surface area contributed by atoms with E-state index >= 15 is 0 Å². The van der Waals surface area contributed by atoms with Gasteiger partial charge in [0, 0.05) is 52.3 Å². The number of ether oxygens (including phenoxy) is 1. The van der Waals surface area contributed by atoms with Gasteiger partial charge >= 0.3 is 0 Å². The minimum Gasteiger partial charge on any atom is -0.373 e. The molecule has 1 aromatic carbocycles. The van der Waals surface area contributed by atoms with E-state index in [0.717, 1.165) is 51.7 Å². The summed E-state index contributed by atoms with van der Waals surface area (Å²) >= 11 is 1.82. The van der Waals surface area contributed by atoms with Crippen molar-refractivity contribution in [2.45, 2.75) is 12.5 Å². The van der Waals surface area contributed by atoms with Gasteiger partial charge in [-0.25, -0.2) is 0 Å². The number of hydrogen-bond donors (Lipinski definition) is 1. The Morgan fingerprint density at radius 2 is 1.93 bits per heavy atom. The summed E-state index contributed by atoms with van der Waals surface area (Å²) < 4.78 is 6.02. The van der Waals surface area contributed by atoms with Crippen molar-refractivity contribution in [1.82, 2.24) is 10.2 Å². The van der Waals surface area contributed by atoms with Gasteiger partial charge < -0.3 is 19.9 Å². The highest BCUT2D eigenvalue weighted by Crippen LogP contribution is 2.33. The Hall–Kier alpha value is -1.32. The van der Waals surface area contributed by atoms with Crippen LogP contribution in [-0.2, 0) is 4.74 Å². The Morgan fingerprint density at radius 3 is 2.61 bits per heavy atom. The molecule has 28 heavy (non-hydrogen) atoms. The lowest BCUT2D eigenvalue weighted by Gasteiger charge is -2.37. The van der Waals surface area contributed by atoms with Crippen LogP contribution in [0.15, 0.2) is 52.8 Å². The highest BCUT2D eigenvalue weighted by molar-refractivity contribution is 14.0. The SMILES string of the molecule is CN=C(NCC1CCOC1c1ccccc1)N1CCN(c2cccs2)CC1.I. The summed E-state index contributed by atoms with van der Waals surface area (Å²) in [6.45, 7) is 5.82. The van der Waals surface area contributed by atoms with Gasteiger partial charge in [-0.1, -0.05) is 30.3 Å². The lowest BCUT2D eigenvalue weighted by atomic mass is 9.95. The quantitative estimate of drug-likeness (QED) is 0.384. The van der Waals surface area contributed by atoms with Crippen molar-refractivity contribution in [2.24, 2.45) is 10.9 Å². The van der Waals surface area contributed by atoms with Gasteiger partial charge in [-0.05, 0) is 29.5 Å². The minimum atomic E-state index is 0. The van der Waals surface area contributed by atoms with Gasteiger partial charge in [0.15, 0.2) is 5.96 Å². The van der Waals surface area contributed by atoms with Crippen LogP contribution in [0.2, 0.25) is 0 Å². The molecule has 1 N–H and O–H groups in total. The third-order valence-corrected chi connectivity index (χ3v) is 6.40. The molecule has 7 heteroatoms. The smallest absolute Gasteiger partial charge is 0.193 e. The van der Waals surface area contributed by atoms with Crippen molar-refractivity contribution in [3.63, 3.8) is 0 Å². The molecule has 0 spiro atoms. The van der Waals surface area contributed by atoms with E-state index in [1.54, 1.807) is 0 Å². The van der Waals surface area contributed by atoms with Gasteiger partial charge in [0.05, 0.1) is 11.1 Å². The van der Waals surface area contributed by atoms with Crippen molar-refractivity contribution < 1.29 is 4.74 Å². The summed E-state index contributed by atoms with van der Waals surface area (Å²) in [6, 6.07) is 14.9. The maximum Gasteiger partial charge on any atom is 0.193 e. The average Bonchev–Trinajstić information content (AvgIpc) is 3.42. The molecule has 0 amide bonds. The zero-order chi connectivity index (χ0) is 18.5. The fourth-order valence-corrected chi connectivity index (χ4v) is 4.78. The normalized spacial score (nSPS) is 22.8. The van der Waals surface area contributed by atoms with Crippen molar-refractivity contribution in [2.75, 3.05) is 51.3 Å². The van der Waals surface area contributed by atoms with Gasteiger partial charge in [0.25, 0.3) is 0 Å². The van der Waals surface area contributed by atoms with Gasteiger partial charge in [-0.2, -0.15) is 0 Å². The van der Waals surface area contributed by atoms with Crippen LogP contribution in [0.5, 0.6) is 0 Å². The third-order valence-electron chi connectivity index (χ3n) is 5.47. The lowest BCUT2D eigenvalue weighted by molar-refractivity contribution is 0.0913. The highest BCUT2D eigenvalue weighted by Gasteiger charge is 2.30.